The fraction of sp³-hybridized carbons (Fsp3) is 0.438. The Morgan fingerprint density at radius 1 is 1.41 bits per heavy atom. The molecule has 1 aromatic rings. The van der Waals surface area contributed by atoms with Gasteiger partial charge in [-0.3, -0.25) is 4.79 Å². The Hall–Kier alpha value is -1.82. The molecule has 6 heteroatoms. The maximum Gasteiger partial charge on any atom is 0.303 e. The summed E-state index contributed by atoms with van der Waals surface area (Å²) in [5, 5.41) is 12.1. The van der Waals surface area contributed by atoms with E-state index < -0.39 is 0 Å². The third-order valence-electron chi connectivity index (χ3n) is 2.61. The number of thioether (sulfide) groups is 1. The van der Waals surface area contributed by atoms with Gasteiger partial charge in [-0.1, -0.05) is 26.0 Å². The molecule has 1 aromatic carbocycles. The van der Waals surface area contributed by atoms with E-state index in [0.29, 0.717) is 11.1 Å². The molecule has 0 atom stereocenters. The molecule has 0 radical (unpaired) electrons. The van der Waals surface area contributed by atoms with Crippen molar-refractivity contribution >= 4 is 34.8 Å². The standard InChI is InChI=1S/C16H23N3O2S/c1-11(2)9-17-19-16(22-10-21-14(5)20)18-15-8-12(3)6-7-13(15)4/h6-9,11H,10H2,1-5H3,(H,18,19)/b17-9+. The molecular formula is C16H23N3O2S. The van der Waals surface area contributed by atoms with Gasteiger partial charge in [-0.05, 0) is 48.7 Å². The van der Waals surface area contributed by atoms with Crippen LogP contribution in [0.15, 0.2) is 28.4 Å². The number of ether oxygens (including phenoxy) is 1. The summed E-state index contributed by atoms with van der Waals surface area (Å²) < 4.78 is 4.94. The summed E-state index contributed by atoms with van der Waals surface area (Å²) in [7, 11) is 0. The average Bonchev–Trinajstić information content (AvgIpc) is 2.41. The second-order valence-electron chi connectivity index (χ2n) is 5.26. The molecule has 0 unspecified atom stereocenters. The highest BCUT2D eigenvalue weighted by atomic mass is 32.2. The first-order valence-corrected chi connectivity index (χ1v) is 8.08. The quantitative estimate of drug-likeness (QED) is 0.293. The zero-order valence-corrected chi connectivity index (χ0v) is 14.5. The largest absolute Gasteiger partial charge is 0.454 e. The van der Waals surface area contributed by atoms with Gasteiger partial charge in [0.25, 0.3) is 0 Å². The summed E-state index contributed by atoms with van der Waals surface area (Å²) >= 11 is 1.29. The highest BCUT2D eigenvalue weighted by molar-refractivity contribution is 8.14. The number of nitrogens with zero attached hydrogens (tertiary/aromatic N) is 2. The Morgan fingerprint density at radius 2 is 2.14 bits per heavy atom. The molecular weight excluding hydrogens is 298 g/mol. The number of nitrogens with one attached hydrogen (secondary N) is 1. The lowest BCUT2D eigenvalue weighted by atomic mass is 10.1. The first kappa shape index (κ1) is 18.2. The van der Waals surface area contributed by atoms with Crippen molar-refractivity contribution in [2.75, 3.05) is 11.3 Å². The summed E-state index contributed by atoms with van der Waals surface area (Å²) in [4.78, 5) is 10.9. The number of hydrogen-bond donors (Lipinski definition) is 1. The smallest absolute Gasteiger partial charge is 0.303 e. The van der Waals surface area contributed by atoms with Gasteiger partial charge in [0.1, 0.15) is 5.94 Å². The predicted molar refractivity (Wildman–Crippen MR) is 94.5 cm³/mol. The third-order valence-corrected chi connectivity index (χ3v) is 3.30. The number of hydrogen-bond acceptors (Lipinski definition) is 5. The molecule has 1 N–H and O–H groups in total. The monoisotopic (exact) mass is 321 g/mol. The minimum atomic E-state index is -0.315. The number of amidine groups is 1. The van der Waals surface area contributed by atoms with E-state index in [0.717, 1.165) is 16.8 Å². The van der Waals surface area contributed by atoms with E-state index in [1.54, 1.807) is 6.21 Å². The predicted octanol–water partition coefficient (Wildman–Crippen LogP) is 3.97. The molecule has 0 amide bonds. The second-order valence-corrected chi connectivity index (χ2v) is 6.17. The summed E-state index contributed by atoms with van der Waals surface area (Å²) in [5.74, 6) is 0.205. The zero-order valence-electron chi connectivity index (χ0n) is 13.7. The molecule has 0 aromatic heterocycles. The van der Waals surface area contributed by atoms with Crippen LogP contribution >= 0.6 is 11.8 Å². The topological polar surface area (TPSA) is 63.0 Å². The second kappa shape index (κ2) is 9.25. The number of carbonyl (C=O) groups is 1. The van der Waals surface area contributed by atoms with Crippen molar-refractivity contribution in [1.29, 1.82) is 0 Å². The summed E-state index contributed by atoms with van der Waals surface area (Å²) in [6, 6.07) is 6.15. The number of rotatable bonds is 5. The van der Waals surface area contributed by atoms with E-state index in [1.165, 1.54) is 18.7 Å². The SMILES string of the molecule is CC(=O)OCS/C(=N\N=C\C(C)C)Nc1cc(C)ccc1C. The zero-order chi connectivity index (χ0) is 16.5. The normalized spacial score (nSPS) is 12.0. The van der Waals surface area contributed by atoms with Crippen LogP contribution < -0.4 is 5.32 Å². The molecule has 5 nitrogen and oxygen atoms in total. The molecule has 0 aliphatic rings. The van der Waals surface area contributed by atoms with Crippen LogP contribution in [-0.2, 0) is 9.53 Å². The van der Waals surface area contributed by atoms with Crippen molar-refractivity contribution in [3.63, 3.8) is 0 Å². The summed E-state index contributed by atoms with van der Waals surface area (Å²) in [6.45, 7) is 9.50. The van der Waals surface area contributed by atoms with E-state index >= 15 is 0 Å². The van der Waals surface area contributed by atoms with Gasteiger partial charge >= 0.3 is 5.97 Å². The Labute approximate surface area is 136 Å². The Kier molecular flexibility index (Phi) is 7.66. The van der Waals surface area contributed by atoms with Crippen LogP contribution in [0.25, 0.3) is 0 Å². The summed E-state index contributed by atoms with van der Waals surface area (Å²) in [5.41, 5.74) is 3.23. The van der Waals surface area contributed by atoms with E-state index in [1.807, 2.05) is 39.8 Å². The van der Waals surface area contributed by atoms with Crippen molar-refractivity contribution in [1.82, 2.24) is 0 Å². The molecule has 120 valence electrons. The fourth-order valence-electron chi connectivity index (χ4n) is 1.46. The lowest BCUT2D eigenvalue weighted by Gasteiger charge is -2.11. The minimum absolute atomic E-state index is 0.198. The fourth-order valence-corrected chi connectivity index (χ4v) is 2.09. The average molecular weight is 321 g/mol. The Balaban J connectivity index is 2.84. The van der Waals surface area contributed by atoms with Crippen molar-refractivity contribution < 1.29 is 9.53 Å². The summed E-state index contributed by atoms with van der Waals surface area (Å²) in [6.07, 6.45) is 1.76. The molecule has 1 rings (SSSR count). The molecule has 0 aliphatic heterocycles. The Bertz CT molecular complexity index is 569. The lowest BCUT2D eigenvalue weighted by molar-refractivity contribution is -0.138. The third kappa shape index (κ3) is 7.26. The molecule has 0 fully saturated rings. The number of aryl methyl sites for hydroxylation is 2. The van der Waals surface area contributed by atoms with Gasteiger partial charge < -0.3 is 10.1 Å². The molecule has 0 spiro atoms. The van der Waals surface area contributed by atoms with Crippen molar-refractivity contribution in [3.05, 3.63) is 29.3 Å². The van der Waals surface area contributed by atoms with Gasteiger partial charge in [-0.15, -0.1) is 5.10 Å². The van der Waals surface area contributed by atoms with Gasteiger partial charge in [0.15, 0.2) is 5.17 Å². The molecule has 0 saturated carbocycles. The number of carbonyl (C=O) groups excluding carboxylic acids is 1. The van der Waals surface area contributed by atoms with E-state index in [9.17, 15) is 4.79 Å². The first-order chi connectivity index (χ1) is 10.4. The highest BCUT2D eigenvalue weighted by Gasteiger charge is 2.06. The molecule has 0 aliphatic carbocycles. The van der Waals surface area contributed by atoms with Gasteiger partial charge in [0.2, 0.25) is 0 Å². The van der Waals surface area contributed by atoms with Crippen LogP contribution in [0.5, 0.6) is 0 Å². The van der Waals surface area contributed by atoms with E-state index in [4.69, 9.17) is 4.74 Å². The van der Waals surface area contributed by atoms with Crippen molar-refractivity contribution in [2.24, 2.45) is 16.1 Å². The van der Waals surface area contributed by atoms with Crippen LogP contribution in [0, 0.1) is 19.8 Å². The van der Waals surface area contributed by atoms with Crippen LogP contribution in [0.2, 0.25) is 0 Å². The maximum atomic E-state index is 10.9. The Morgan fingerprint density at radius 3 is 2.77 bits per heavy atom. The number of benzene rings is 1. The van der Waals surface area contributed by atoms with Crippen LogP contribution in [0.3, 0.4) is 0 Å². The van der Waals surface area contributed by atoms with Gasteiger partial charge in [0, 0.05) is 18.8 Å². The van der Waals surface area contributed by atoms with Gasteiger partial charge in [-0.2, -0.15) is 5.10 Å². The van der Waals surface area contributed by atoms with Crippen molar-refractivity contribution in [2.45, 2.75) is 34.6 Å². The first-order valence-electron chi connectivity index (χ1n) is 7.10. The maximum absolute atomic E-state index is 10.9. The lowest BCUT2D eigenvalue weighted by Crippen LogP contribution is -2.11. The van der Waals surface area contributed by atoms with Crippen molar-refractivity contribution in [3.8, 4) is 0 Å². The van der Waals surface area contributed by atoms with Crippen LogP contribution in [0.4, 0.5) is 5.69 Å². The minimum Gasteiger partial charge on any atom is -0.454 e. The van der Waals surface area contributed by atoms with Crippen LogP contribution in [0.1, 0.15) is 31.9 Å². The molecule has 0 heterocycles. The van der Waals surface area contributed by atoms with E-state index in [-0.39, 0.29) is 11.9 Å². The molecule has 0 bridgehead atoms. The number of esters is 1. The molecule has 0 saturated heterocycles. The highest BCUT2D eigenvalue weighted by Crippen LogP contribution is 2.19. The molecule has 22 heavy (non-hydrogen) atoms. The van der Waals surface area contributed by atoms with Gasteiger partial charge in [0.05, 0.1) is 0 Å². The van der Waals surface area contributed by atoms with Crippen LogP contribution in [-0.4, -0.2) is 23.3 Å². The van der Waals surface area contributed by atoms with E-state index in [2.05, 4.69) is 21.6 Å². The number of anilines is 1. The van der Waals surface area contributed by atoms with Gasteiger partial charge in [-0.25, -0.2) is 0 Å².